The van der Waals surface area contributed by atoms with E-state index in [0.717, 1.165) is 36.2 Å². The van der Waals surface area contributed by atoms with E-state index < -0.39 is 0 Å². The van der Waals surface area contributed by atoms with Crippen molar-refractivity contribution in [2.45, 2.75) is 23.4 Å². The summed E-state index contributed by atoms with van der Waals surface area (Å²) in [6, 6.07) is 7.77. The van der Waals surface area contributed by atoms with E-state index in [9.17, 15) is 4.79 Å². The second-order valence-electron chi connectivity index (χ2n) is 6.33. The average molecular weight is 378 g/mol. The number of carbonyl (C=O) groups is 1. The van der Waals surface area contributed by atoms with E-state index in [1.54, 1.807) is 11.8 Å². The van der Waals surface area contributed by atoms with Crippen LogP contribution >= 0.6 is 23.1 Å². The number of benzene rings is 1. The lowest BCUT2D eigenvalue weighted by molar-refractivity contribution is 0.102. The van der Waals surface area contributed by atoms with Gasteiger partial charge in [-0.15, -0.1) is 10.2 Å². The summed E-state index contributed by atoms with van der Waals surface area (Å²) < 4.78 is 0.871. The van der Waals surface area contributed by atoms with Crippen LogP contribution in [0.25, 0.3) is 0 Å². The molecular formula is C17H23N5OS2. The Labute approximate surface area is 156 Å². The van der Waals surface area contributed by atoms with Crippen LogP contribution in [0, 0.1) is 0 Å². The molecule has 1 saturated heterocycles. The zero-order valence-corrected chi connectivity index (χ0v) is 16.4. The number of hydrogen-bond acceptors (Lipinski definition) is 7. The Morgan fingerprint density at radius 3 is 2.48 bits per heavy atom. The maximum Gasteiger partial charge on any atom is 0.257 e. The molecule has 0 radical (unpaired) electrons. The monoisotopic (exact) mass is 377 g/mol. The van der Waals surface area contributed by atoms with Crippen LogP contribution in [0.5, 0.6) is 0 Å². The number of carbonyl (C=O) groups excluding carboxylic acids is 1. The van der Waals surface area contributed by atoms with Crippen LogP contribution in [0.2, 0.25) is 0 Å². The summed E-state index contributed by atoms with van der Waals surface area (Å²) in [5, 5.41) is 11.9. The highest BCUT2D eigenvalue weighted by molar-refractivity contribution is 8.01. The third kappa shape index (κ3) is 4.93. The van der Waals surface area contributed by atoms with Crippen LogP contribution < -0.4 is 10.2 Å². The fourth-order valence-electron chi connectivity index (χ4n) is 2.57. The summed E-state index contributed by atoms with van der Waals surface area (Å²) in [6.45, 7) is 8.37. The van der Waals surface area contributed by atoms with Gasteiger partial charge in [0.1, 0.15) is 0 Å². The third-order valence-corrected chi connectivity index (χ3v) is 5.89. The van der Waals surface area contributed by atoms with Crippen LogP contribution in [0.3, 0.4) is 0 Å². The number of rotatable bonds is 5. The van der Waals surface area contributed by atoms with Gasteiger partial charge < -0.3 is 9.80 Å². The van der Waals surface area contributed by atoms with Crippen molar-refractivity contribution in [3.63, 3.8) is 0 Å². The van der Waals surface area contributed by atoms with Gasteiger partial charge in [-0.3, -0.25) is 10.1 Å². The number of thioether (sulfide) groups is 1. The second-order valence-corrected chi connectivity index (χ2v) is 9.13. The van der Waals surface area contributed by atoms with Crippen LogP contribution in [0.1, 0.15) is 24.2 Å². The highest BCUT2D eigenvalue weighted by Crippen LogP contribution is 2.28. The molecule has 1 fully saturated rings. The van der Waals surface area contributed by atoms with Crippen molar-refractivity contribution in [3.8, 4) is 0 Å². The van der Waals surface area contributed by atoms with E-state index in [0.29, 0.717) is 15.9 Å². The van der Waals surface area contributed by atoms with Gasteiger partial charge in [0.2, 0.25) is 5.13 Å². The first-order valence-electron chi connectivity index (χ1n) is 8.36. The van der Waals surface area contributed by atoms with Crippen molar-refractivity contribution in [2.24, 2.45) is 0 Å². The zero-order valence-electron chi connectivity index (χ0n) is 14.7. The van der Waals surface area contributed by atoms with E-state index in [-0.39, 0.29) is 5.91 Å². The lowest BCUT2D eigenvalue weighted by atomic mass is 10.1. The Bertz CT molecular complexity index is 708. The highest BCUT2D eigenvalue weighted by atomic mass is 32.2. The van der Waals surface area contributed by atoms with E-state index in [2.05, 4.69) is 46.2 Å². The third-order valence-electron chi connectivity index (χ3n) is 3.96. The number of nitrogens with zero attached hydrogens (tertiary/aromatic N) is 4. The van der Waals surface area contributed by atoms with Gasteiger partial charge in [-0.05, 0) is 31.3 Å². The first-order valence-corrected chi connectivity index (χ1v) is 10.1. The van der Waals surface area contributed by atoms with Crippen molar-refractivity contribution < 1.29 is 4.79 Å². The Morgan fingerprint density at radius 2 is 1.84 bits per heavy atom. The number of likely N-dealkylation sites (N-methyl/N-ethyl adjacent to an activating group) is 1. The molecule has 1 amide bonds. The van der Waals surface area contributed by atoms with Crippen LogP contribution in [-0.4, -0.2) is 59.5 Å². The molecule has 25 heavy (non-hydrogen) atoms. The molecule has 0 aliphatic carbocycles. The van der Waals surface area contributed by atoms with Gasteiger partial charge in [0, 0.05) is 42.7 Å². The van der Waals surface area contributed by atoms with E-state index in [1.165, 1.54) is 11.3 Å². The number of anilines is 2. The minimum absolute atomic E-state index is 0.151. The Kier molecular flexibility index (Phi) is 5.93. The lowest BCUT2D eigenvalue weighted by Crippen LogP contribution is -2.44. The smallest absolute Gasteiger partial charge is 0.257 e. The first-order chi connectivity index (χ1) is 12.0. The number of aromatic nitrogens is 2. The molecule has 2 heterocycles. The number of hydrogen-bond donors (Lipinski definition) is 1. The molecule has 2 aromatic rings. The Morgan fingerprint density at radius 1 is 1.16 bits per heavy atom. The molecule has 3 rings (SSSR count). The van der Waals surface area contributed by atoms with Gasteiger partial charge in [-0.25, -0.2) is 0 Å². The van der Waals surface area contributed by atoms with E-state index in [4.69, 9.17) is 0 Å². The summed E-state index contributed by atoms with van der Waals surface area (Å²) in [7, 11) is 2.14. The lowest BCUT2D eigenvalue weighted by Gasteiger charge is -2.34. The molecule has 1 aromatic carbocycles. The average Bonchev–Trinajstić information content (AvgIpc) is 3.02. The van der Waals surface area contributed by atoms with Gasteiger partial charge in [-0.1, -0.05) is 36.9 Å². The summed E-state index contributed by atoms with van der Waals surface area (Å²) in [4.78, 5) is 17.1. The predicted octanol–water partition coefficient (Wildman–Crippen LogP) is 3.04. The van der Waals surface area contributed by atoms with Crippen LogP contribution in [0.15, 0.2) is 28.6 Å². The fraction of sp³-hybridized carbons (Fsp3) is 0.471. The first kappa shape index (κ1) is 18.2. The molecule has 1 N–H and O–H groups in total. The molecule has 0 atom stereocenters. The molecule has 1 aliphatic rings. The Balaban J connectivity index is 1.60. The normalized spacial score (nSPS) is 15.6. The zero-order chi connectivity index (χ0) is 17.8. The summed E-state index contributed by atoms with van der Waals surface area (Å²) in [5.41, 5.74) is 1.79. The molecular weight excluding hydrogens is 354 g/mol. The highest BCUT2D eigenvalue weighted by Gasteiger charge is 2.15. The molecule has 1 aliphatic heterocycles. The fourth-order valence-corrected chi connectivity index (χ4v) is 4.54. The van der Waals surface area contributed by atoms with Gasteiger partial charge in [0.15, 0.2) is 4.34 Å². The maximum absolute atomic E-state index is 12.4. The summed E-state index contributed by atoms with van der Waals surface area (Å²) >= 11 is 3.05. The van der Waals surface area contributed by atoms with Gasteiger partial charge in [-0.2, -0.15) is 0 Å². The van der Waals surface area contributed by atoms with Crippen molar-refractivity contribution in [1.29, 1.82) is 0 Å². The van der Waals surface area contributed by atoms with Crippen molar-refractivity contribution >= 4 is 39.8 Å². The van der Waals surface area contributed by atoms with Crippen LogP contribution in [0.4, 0.5) is 10.8 Å². The molecule has 8 heteroatoms. The van der Waals surface area contributed by atoms with Crippen molar-refractivity contribution in [2.75, 3.05) is 43.4 Å². The Hall–Kier alpha value is -1.64. The quantitative estimate of drug-likeness (QED) is 0.638. The topological polar surface area (TPSA) is 61.4 Å². The number of piperazine rings is 1. The molecule has 0 saturated carbocycles. The van der Waals surface area contributed by atoms with Gasteiger partial charge >= 0.3 is 0 Å². The molecule has 6 nitrogen and oxygen atoms in total. The molecule has 0 bridgehead atoms. The standard InChI is InChI=1S/C17H23N5OS2/c1-12(2)24-17-20-19-16(25-17)18-15(23)13-4-6-14(7-5-13)22-10-8-21(3)9-11-22/h4-7,12H,8-11H2,1-3H3,(H,18,19,23). The van der Waals surface area contributed by atoms with E-state index >= 15 is 0 Å². The number of amides is 1. The number of nitrogens with one attached hydrogen (secondary N) is 1. The van der Waals surface area contributed by atoms with Gasteiger partial charge in [0.25, 0.3) is 5.91 Å². The second kappa shape index (κ2) is 8.16. The summed E-state index contributed by atoms with van der Waals surface area (Å²) in [5.74, 6) is -0.151. The van der Waals surface area contributed by atoms with Crippen LogP contribution in [-0.2, 0) is 0 Å². The summed E-state index contributed by atoms with van der Waals surface area (Å²) in [6.07, 6.45) is 0. The largest absolute Gasteiger partial charge is 0.369 e. The molecule has 134 valence electrons. The van der Waals surface area contributed by atoms with Crippen molar-refractivity contribution in [3.05, 3.63) is 29.8 Å². The molecule has 0 unspecified atom stereocenters. The maximum atomic E-state index is 12.4. The van der Waals surface area contributed by atoms with Crippen molar-refractivity contribution in [1.82, 2.24) is 15.1 Å². The predicted molar refractivity (Wildman–Crippen MR) is 105 cm³/mol. The minimum atomic E-state index is -0.151. The minimum Gasteiger partial charge on any atom is -0.369 e. The molecule has 1 aromatic heterocycles. The SMILES string of the molecule is CC(C)Sc1nnc(NC(=O)c2ccc(N3CCN(C)CC3)cc2)s1. The van der Waals surface area contributed by atoms with E-state index in [1.807, 2.05) is 24.3 Å². The molecule has 0 spiro atoms. The van der Waals surface area contributed by atoms with Gasteiger partial charge in [0.05, 0.1) is 0 Å².